The number of rotatable bonds is 6. The first-order valence-corrected chi connectivity index (χ1v) is 7.93. The number of carbonyl (C=O) groups excluding carboxylic acids is 1. The number of nitrogens with one attached hydrogen (secondary N) is 1. The van der Waals surface area contributed by atoms with Crippen LogP contribution in [0.1, 0.15) is 27.2 Å². The molecule has 0 saturated carbocycles. The zero-order chi connectivity index (χ0) is 17.0. The number of likely N-dealkylation sites (N-methyl/N-ethyl adjacent to an activating group) is 1. The maximum Gasteiger partial charge on any atom is 0.241 e. The highest BCUT2D eigenvalue weighted by Gasteiger charge is 2.23. The van der Waals surface area contributed by atoms with Gasteiger partial charge in [-0.2, -0.15) is 0 Å². The third-order valence-corrected chi connectivity index (χ3v) is 4.18. The lowest BCUT2D eigenvalue weighted by atomic mass is 10.00. The minimum Gasteiger partial charge on any atom is -0.379 e. The average molecular weight is 321 g/mol. The van der Waals surface area contributed by atoms with Crippen LogP contribution < -0.4 is 10.2 Å². The van der Waals surface area contributed by atoms with E-state index >= 15 is 0 Å². The lowest BCUT2D eigenvalue weighted by Crippen LogP contribution is -2.48. The van der Waals surface area contributed by atoms with E-state index in [1.807, 2.05) is 18.0 Å². The van der Waals surface area contributed by atoms with Crippen LogP contribution in [0.25, 0.3) is 0 Å². The van der Waals surface area contributed by atoms with E-state index in [4.69, 9.17) is 4.74 Å². The molecule has 0 spiro atoms. The highest BCUT2D eigenvalue weighted by Crippen LogP contribution is 2.20. The fourth-order valence-corrected chi connectivity index (χ4v) is 2.68. The molecule has 0 bridgehead atoms. The predicted molar refractivity (Wildman–Crippen MR) is 90.7 cm³/mol. The molecule has 1 fully saturated rings. The Labute approximate surface area is 138 Å². The quantitative estimate of drug-likeness (QED) is 0.853. The van der Waals surface area contributed by atoms with Crippen LogP contribution in [0.5, 0.6) is 0 Å². The molecule has 0 aliphatic carbocycles. The summed E-state index contributed by atoms with van der Waals surface area (Å²) in [4.78, 5) is 24.1. The first-order valence-electron chi connectivity index (χ1n) is 7.93. The zero-order valence-corrected chi connectivity index (χ0v) is 14.7. The molecule has 0 radical (unpaired) electrons. The summed E-state index contributed by atoms with van der Waals surface area (Å²) in [6, 6.07) is 2.11. The Bertz CT molecular complexity index is 549. The van der Waals surface area contributed by atoms with E-state index in [1.54, 1.807) is 12.0 Å². The monoisotopic (exact) mass is 321 g/mol. The topological polar surface area (TPSA) is 70.6 Å². The Morgan fingerprint density at radius 1 is 1.39 bits per heavy atom. The molecule has 1 aliphatic heterocycles. The van der Waals surface area contributed by atoms with Gasteiger partial charge >= 0.3 is 0 Å². The van der Waals surface area contributed by atoms with Crippen LogP contribution in [-0.2, 0) is 9.53 Å². The summed E-state index contributed by atoms with van der Waals surface area (Å²) < 4.78 is 5.46. The molecule has 1 amide bonds. The molecular formula is C16H27N5O2. The number of hydrogen-bond acceptors (Lipinski definition) is 6. The smallest absolute Gasteiger partial charge is 0.241 e. The second-order valence-electron chi connectivity index (χ2n) is 6.71. The van der Waals surface area contributed by atoms with E-state index in [9.17, 15) is 4.79 Å². The molecule has 128 valence electrons. The van der Waals surface area contributed by atoms with Crippen molar-refractivity contribution in [2.75, 3.05) is 44.0 Å². The fraction of sp³-hybridized carbons (Fsp3) is 0.688. The minimum absolute atomic E-state index is 0.111. The van der Waals surface area contributed by atoms with Gasteiger partial charge in [0, 0.05) is 39.4 Å². The summed E-state index contributed by atoms with van der Waals surface area (Å²) in [7, 11) is 3.55. The van der Waals surface area contributed by atoms with Gasteiger partial charge < -0.3 is 19.9 Å². The summed E-state index contributed by atoms with van der Waals surface area (Å²) in [5.41, 5.74) is -0.188. The van der Waals surface area contributed by atoms with Gasteiger partial charge in [0.1, 0.15) is 18.0 Å². The van der Waals surface area contributed by atoms with Gasteiger partial charge in [-0.05, 0) is 27.2 Å². The second-order valence-corrected chi connectivity index (χ2v) is 6.71. The van der Waals surface area contributed by atoms with Crippen molar-refractivity contribution in [1.82, 2.24) is 14.9 Å². The number of aromatic nitrogens is 2. The lowest BCUT2D eigenvalue weighted by Gasteiger charge is -2.33. The Balaban J connectivity index is 2.01. The zero-order valence-electron chi connectivity index (χ0n) is 14.7. The van der Waals surface area contributed by atoms with E-state index in [0.29, 0.717) is 13.1 Å². The summed E-state index contributed by atoms with van der Waals surface area (Å²) >= 11 is 0. The third kappa shape index (κ3) is 4.79. The van der Waals surface area contributed by atoms with Gasteiger partial charge in [-0.3, -0.25) is 4.79 Å². The molecule has 2 rings (SSSR count). The van der Waals surface area contributed by atoms with Crippen LogP contribution in [0.15, 0.2) is 12.4 Å². The molecule has 1 aromatic heterocycles. The summed E-state index contributed by atoms with van der Waals surface area (Å²) in [5, 5.41) is 3.38. The molecule has 1 N–H and O–H groups in total. The second kappa shape index (κ2) is 7.12. The highest BCUT2D eigenvalue weighted by molar-refractivity contribution is 5.82. The summed E-state index contributed by atoms with van der Waals surface area (Å²) in [6.07, 6.45) is 2.39. The Morgan fingerprint density at radius 3 is 2.78 bits per heavy atom. The molecule has 7 heteroatoms. The van der Waals surface area contributed by atoms with Gasteiger partial charge in [-0.25, -0.2) is 9.97 Å². The summed E-state index contributed by atoms with van der Waals surface area (Å²) in [6.45, 7) is 8.08. The highest BCUT2D eigenvalue weighted by atomic mass is 16.5. The Morgan fingerprint density at radius 2 is 2.13 bits per heavy atom. The number of anilines is 2. The van der Waals surface area contributed by atoms with Gasteiger partial charge in [0.15, 0.2) is 0 Å². The van der Waals surface area contributed by atoms with Crippen molar-refractivity contribution in [3.63, 3.8) is 0 Å². The molecule has 1 saturated heterocycles. The summed E-state index contributed by atoms with van der Waals surface area (Å²) in [5.74, 6) is 1.66. The van der Waals surface area contributed by atoms with Gasteiger partial charge in [-0.15, -0.1) is 0 Å². The van der Waals surface area contributed by atoms with E-state index in [0.717, 1.165) is 24.6 Å². The van der Waals surface area contributed by atoms with Crippen molar-refractivity contribution in [2.45, 2.75) is 38.8 Å². The first-order chi connectivity index (χ1) is 10.8. The number of hydrogen-bond donors (Lipinski definition) is 1. The molecule has 2 heterocycles. The number of carbonyl (C=O) groups is 1. The Kier molecular flexibility index (Phi) is 5.41. The van der Waals surface area contributed by atoms with Crippen molar-refractivity contribution in [2.24, 2.45) is 0 Å². The number of amides is 1. The van der Waals surface area contributed by atoms with Crippen LogP contribution in [0.3, 0.4) is 0 Å². The van der Waals surface area contributed by atoms with Crippen molar-refractivity contribution < 1.29 is 9.53 Å². The third-order valence-electron chi connectivity index (χ3n) is 4.18. The Hall–Kier alpha value is -1.89. The predicted octanol–water partition coefficient (Wildman–Crippen LogP) is 1.37. The van der Waals surface area contributed by atoms with Crippen molar-refractivity contribution in [3.05, 3.63) is 12.4 Å². The van der Waals surface area contributed by atoms with Crippen LogP contribution in [0.4, 0.5) is 11.6 Å². The van der Waals surface area contributed by atoms with Crippen molar-refractivity contribution in [1.29, 1.82) is 0 Å². The molecular weight excluding hydrogens is 294 g/mol. The fourth-order valence-electron chi connectivity index (χ4n) is 2.68. The molecule has 0 aromatic carbocycles. The van der Waals surface area contributed by atoms with E-state index in [-0.39, 0.29) is 17.6 Å². The largest absolute Gasteiger partial charge is 0.379 e. The normalized spacial score (nSPS) is 17.3. The van der Waals surface area contributed by atoms with Crippen LogP contribution in [0.2, 0.25) is 0 Å². The number of methoxy groups -OCH3 is 1. The van der Waals surface area contributed by atoms with Crippen molar-refractivity contribution >= 4 is 17.5 Å². The SMILES string of the molecule is COC(C)(C)CC(C)Nc1cc(N2CCN(C)C(=O)C2)ncn1. The maximum atomic E-state index is 11.8. The van der Waals surface area contributed by atoms with Gasteiger partial charge in [0.25, 0.3) is 0 Å². The van der Waals surface area contributed by atoms with E-state index in [2.05, 4.69) is 36.1 Å². The lowest BCUT2D eigenvalue weighted by molar-refractivity contribution is -0.129. The van der Waals surface area contributed by atoms with Crippen molar-refractivity contribution in [3.8, 4) is 0 Å². The number of nitrogens with zero attached hydrogens (tertiary/aromatic N) is 4. The minimum atomic E-state index is -0.188. The van der Waals surface area contributed by atoms with Crippen LogP contribution >= 0.6 is 0 Å². The average Bonchev–Trinajstić information content (AvgIpc) is 2.49. The number of ether oxygens (including phenoxy) is 1. The van der Waals surface area contributed by atoms with Crippen LogP contribution in [0, 0.1) is 0 Å². The van der Waals surface area contributed by atoms with Gasteiger partial charge in [-0.1, -0.05) is 0 Å². The van der Waals surface area contributed by atoms with E-state index < -0.39 is 0 Å². The first kappa shape index (κ1) is 17.5. The molecule has 1 atom stereocenters. The number of piperazine rings is 1. The molecule has 1 aromatic rings. The maximum absolute atomic E-state index is 11.8. The standard InChI is InChI=1S/C16H27N5O2/c1-12(9-16(2,3)23-5)19-13-8-14(18-11-17-13)21-7-6-20(4)15(22)10-21/h8,11-12H,6-7,9-10H2,1-5H3,(H,17,18,19). The molecule has 23 heavy (non-hydrogen) atoms. The molecule has 7 nitrogen and oxygen atoms in total. The van der Waals surface area contributed by atoms with E-state index in [1.165, 1.54) is 6.33 Å². The molecule has 1 unspecified atom stereocenters. The van der Waals surface area contributed by atoms with Gasteiger partial charge in [0.05, 0.1) is 12.1 Å². The van der Waals surface area contributed by atoms with Gasteiger partial charge in [0.2, 0.25) is 5.91 Å². The van der Waals surface area contributed by atoms with Crippen LogP contribution in [-0.4, -0.2) is 66.2 Å². The molecule has 1 aliphatic rings.